The Balaban J connectivity index is 1.88. The molecule has 0 spiro atoms. The van der Waals surface area contributed by atoms with Crippen LogP contribution in [0.25, 0.3) is 11.2 Å². The van der Waals surface area contributed by atoms with E-state index in [4.69, 9.17) is 21.8 Å². The Morgan fingerprint density at radius 3 is 2.64 bits per heavy atom. The van der Waals surface area contributed by atoms with Gasteiger partial charge in [-0.3, -0.25) is 0 Å². The molecular formula is C17H26ClN5OSi. The molecule has 2 atom stereocenters. The highest BCUT2D eigenvalue weighted by atomic mass is 35.5. The molecule has 0 radical (unpaired) electrons. The first-order valence-corrected chi connectivity index (χ1v) is 11.8. The molecule has 6 nitrogen and oxygen atoms in total. The summed E-state index contributed by atoms with van der Waals surface area (Å²) in [6.07, 6.45) is 4.97. The molecule has 2 aromatic heterocycles. The number of imidazole rings is 1. The van der Waals surface area contributed by atoms with Crippen LogP contribution in [0.4, 0.5) is 5.95 Å². The highest BCUT2D eigenvalue weighted by Crippen LogP contribution is 2.41. The van der Waals surface area contributed by atoms with Crippen LogP contribution in [0.3, 0.4) is 0 Å². The Morgan fingerprint density at radius 2 is 2.00 bits per heavy atom. The van der Waals surface area contributed by atoms with Crippen molar-refractivity contribution >= 4 is 37.0 Å². The first-order chi connectivity index (χ1) is 11.5. The maximum atomic E-state index is 6.57. The Bertz CT molecular complexity index is 839. The quantitative estimate of drug-likeness (QED) is 0.487. The molecule has 8 heteroatoms. The van der Waals surface area contributed by atoms with Crippen LogP contribution in [-0.2, 0) is 4.43 Å². The van der Waals surface area contributed by atoms with Crippen LogP contribution in [0.15, 0.2) is 18.0 Å². The van der Waals surface area contributed by atoms with Crippen molar-refractivity contribution in [2.24, 2.45) is 0 Å². The molecule has 0 fully saturated rings. The Hall–Kier alpha value is -1.44. The van der Waals surface area contributed by atoms with E-state index in [0.717, 1.165) is 6.42 Å². The fourth-order valence-electron chi connectivity index (χ4n) is 2.97. The normalized spacial score (nSPS) is 21.8. The van der Waals surface area contributed by atoms with Gasteiger partial charge in [0, 0.05) is 6.42 Å². The number of hydrogen-bond acceptors (Lipinski definition) is 5. The van der Waals surface area contributed by atoms with Crippen LogP contribution >= 0.6 is 11.6 Å². The van der Waals surface area contributed by atoms with Crippen molar-refractivity contribution in [2.45, 2.75) is 64.4 Å². The lowest BCUT2D eigenvalue weighted by atomic mass is 10.1. The van der Waals surface area contributed by atoms with Crippen molar-refractivity contribution in [3.8, 4) is 0 Å². The number of hydrogen-bond donors (Lipinski definition) is 1. The van der Waals surface area contributed by atoms with Crippen LogP contribution in [0, 0.1) is 0 Å². The number of allylic oxidation sites excluding steroid dienone is 1. The average molecular weight is 380 g/mol. The second kappa shape index (κ2) is 6.07. The van der Waals surface area contributed by atoms with E-state index in [1.807, 2.05) is 4.57 Å². The fraction of sp³-hybridized carbons (Fsp3) is 0.588. The molecule has 0 amide bonds. The second-order valence-electron chi connectivity index (χ2n) is 8.28. The van der Waals surface area contributed by atoms with Gasteiger partial charge >= 0.3 is 0 Å². The smallest absolute Gasteiger partial charge is 0.223 e. The third-order valence-corrected chi connectivity index (χ3v) is 10.2. The Morgan fingerprint density at radius 1 is 1.32 bits per heavy atom. The number of anilines is 1. The average Bonchev–Trinajstić information content (AvgIpc) is 3.00. The van der Waals surface area contributed by atoms with E-state index in [2.05, 4.69) is 61.8 Å². The van der Waals surface area contributed by atoms with Gasteiger partial charge < -0.3 is 14.7 Å². The summed E-state index contributed by atoms with van der Waals surface area (Å²) in [5, 5.41) is 0.471. The maximum Gasteiger partial charge on any atom is 0.223 e. The summed E-state index contributed by atoms with van der Waals surface area (Å²) in [7, 11) is -1.82. The van der Waals surface area contributed by atoms with Crippen LogP contribution in [0.2, 0.25) is 23.3 Å². The van der Waals surface area contributed by atoms with E-state index < -0.39 is 8.32 Å². The van der Waals surface area contributed by atoms with Crippen LogP contribution < -0.4 is 5.73 Å². The molecule has 136 valence electrons. The largest absolute Gasteiger partial charge is 0.410 e. The van der Waals surface area contributed by atoms with Gasteiger partial charge in [-0.25, -0.2) is 4.98 Å². The maximum absolute atomic E-state index is 6.57. The van der Waals surface area contributed by atoms with Crippen molar-refractivity contribution in [3.63, 3.8) is 0 Å². The summed E-state index contributed by atoms with van der Waals surface area (Å²) in [4.78, 5) is 12.7. The molecule has 0 saturated heterocycles. The van der Waals surface area contributed by atoms with E-state index >= 15 is 0 Å². The van der Waals surface area contributed by atoms with Crippen LogP contribution in [0.5, 0.6) is 0 Å². The molecule has 0 bridgehead atoms. The minimum atomic E-state index is -1.82. The number of rotatable bonds is 3. The first-order valence-electron chi connectivity index (χ1n) is 8.51. The molecular weight excluding hydrogens is 354 g/mol. The lowest BCUT2D eigenvalue weighted by Gasteiger charge is -2.38. The van der Waals surface area contributed by atoms with Crippen molar-refractivity contribution in [2.75, 3.05) is 5.73 Å². The zero-order valence-electron chi connectivity index (χ0n) is 15.7. The van der Waals surface area contributed by atoms with Gasteiger partial charge in [-0.2, -0.15) is 9.97 Å². The molecule has 0 unspecified atom stereocenters. The summed E-state index contributed by atoms with van der Waals surface area (Å²) >= 11 is 6.14. The predicted molar refractivity (Wildman–Crippen MR) is 104 cm³/mol. The summed E-state index contributed by atoms with van der Waals surface area (Å²) < 4.78 is 8.59. The zero-order chi connectivity index (χ0) is 18.6. The minimum Gasteiger partial charge on any atom is -0.410 e. The van der Waals surface area contributed by atoms with Gasteiger partial charge in [0.2, 0.25) is 5.95 Å². The molecule has 1 aliphatic rings. The minimum absolute atomic E-state index is 0.109. The number of aromatic nitrogens is 4. The highest BCUT2D eigenvalue weighted by Gasteiger charge is 2.40. The third-order valence-electron chi connectivity index (χ3n) is 5.41. The number of nitrogens with two attached hydrogens (primary N) is 1. The fourth-order valence-corrected chi connectivity index (χ4v) is 4.47. The molecule has 0 aliphatic heterocycles. The van der Waals surface area contributed by atoms with E-state index in [1.165, 1.54) is 5.57 Å². The number of fused-ring (bicyclic) bond motifs is 1. The topological polar surface area (TPSA) is 78.8 Å². The zero-order valence-corrected chi connectivity index (χ0v) is 17.4. The Kier molecular flexibility index (Phi) is 4.46. The number of nitrogen functional groups attached to an aromatic ring is 1. The highest BCUT2D eigenvalue weighted by molar-refractivity contribution is 6.74. The molecule has 3 rings (SSSR count). The van der Waals surface area contributed by atoms with E-state index in [-0.39, 0.29) is 28.3 Å². The SMILES string of the molecule is CC1=C[C@@H](O[Si](C)(C)C(C)(C)C)C[C@H]1n1cnc2c(Cl)nc(N)nc21. The molecule has 2 aromatic rings. The van der Waals surface area contributed by atoms with E-state index in [0.29, 0.717) is 11.2 Å². The van der Waals surface area contributed by atoms with Gasteiger partial charge in [-0.05, 0) is 25.1 Å². The second-order valence-corrected chi connectivity index (χ2v) is 13.4. The number of nitrogens with zero attached hydrogens (tertiary/aromatic N) is 4. The van der Waals surface area contributed by atoms with Gasteiger partial charge in [0.05, 0.1) is 18.5 Å². The lowest BCUT2D eigenvalue weighted by Crippen LogP contribution is -2.43. The van der Waals surface area contributed by atoms with Gasteiger partial charge in [-0.1, -0.05) is 44.0 Å². The number of halogens is 1. The van der Waals surface area contributed by atoms with Crippen molar-refractivity contribution in [3.05, 3.63) is 23.1 Å². The van der Waals surface area contributed by atoms with Crippen molar-refractivity contribution in [1.82, 2.24) is 19.5 Å². The van der Waals surface area contributed by atoms with Crippen molar-refractivity contribution in [1.29, 1.82) is 0 Å². The van der Waals surface area contributed by atoms with E-state index in [9.17, 15) is 0 Å². The van der Waals surface area contributed by atoms with Gasteiger partial charge in [0.15, 0.2) is 19.1 Å². The molecule has 1 aliphatic carbocycles. The summed E-state index contributed by atoms with van der Waals surface area (Å²) in [6, 6.07) is 0.144. The monoisotopic (exact) mass is 379 g/mol. The standard InChI is InChI=1S/C17H26ClN5OSi/c1-10-7-11(24-25(5,6)17(2,3)4)8-12(10)23-9-20-13-14(18)21-16(19)22-15(13)23/h7,9,11-12H,8H2,1-6H3,(H2,19,21,22)/t11-,12-/m1/s1. The molecule has 0 saturated carbocycles. The lowest BCUT2D eigenvalue weighted by molar-refractivity contribution is 0.213. The summed E-state index contributed by atoms with van der Waals surface area (Å²) in [5.41, 5.74) is 8.26. The molecule has 2 N–H and O–H groups in total. The third kappa shape index (κ3) is 3.32. The van der Waals surface area contributed by atoms with Crippen LogP contribution in [-0.4, -0.2) is 33.9 Å². The summed E-state index contributed by atoms with van der Waals surface area (Å²) in [5.74, 6) is 0.160. The van der Waals surface area contributed by atoms with Gasteiger partial charge in [0.1, 0.15) is 5.52 Å². The predicted octanol–water partition coefficient (Wildman–Crippen LogP) is 4.34. The van der Waals surface area contributed by atoms with Crippen LogP contribution in [0.1, 0.15) is 40.2 Å². The van der Waals surface area contributed by atoms with Crippen molar-refractivity contribution < 1.29 is 4.43 Å². The Labute approximate surface area is 154 Å². The van der Waals surface area contributed by atoms with Gasteiger partial charge in [-0.15, -0.1) is 0 Å². The van der Waals surface area contributed by atoms with E-state index in [1.54, 1.807) is 6.33 Å². The first kappa shape index (κ1) is 18.4. The summed E-state index contributed by atoms with van der Waals surface area (Å²) in [6.45, 7) is 13.5. The molecule has 25 heavy (non-hydrogen) atoms. The van der Waals surface area contributed by atoms with Gasteiger partial charge in [0.25, 0.3) is 0 Å². The molecule has 2 heterocycles. The molecule has 0 aromatic carbocycles.